The highest BCUT2D eigenvalue weighted by Gasteiger charge is 2.42. The van der Waals surface area contributed by atoms with Gasteiger partial charge in [-0.05, 0) is 35.6 Å². The lowest BCUT2D eigenvalue weighted by molar-refractivity contribution is 0.730. The third kappa shape index (κ3) is 3.28. The maximum Gasteiger partial charge on any atom is 0.191 e. The summed E-state index contributed by atoms with van der Waals surface area (Å²) >= 11 is 5.26. The van der Waals surface area contributed by atoms with Gasteiger partial charge < -0.3 is 4.57 Å². The number of aromatic nitrogens is 3. The fraction of sp³-hybridized carbons (Fsp3) is 0.263. The summed E-state index contributed by atoms with van der Waals surface area (Å²) in [6.45, 7) is 0. The fourth-order valence-corrected chi connectivity index (χ4v) is 4.41. The van der Waals surface area contributed by atoms with Gasteiger partial charge in [0.25, 0.3) is 0 Å². The lowest BCUT2D eigenvalue weighted by Gasteiger charge is -2.04. The molecule has 1 aliphatic carbocycles. The summed E-state index contributed by atoms with van der Waals surface area (Å²) in [5.74, 6) is 3.11. The van der Waals surface area contributed by atoms with Gasteiger partial charge in [-0.15, -0.1) is 10.2 Å². The number of hydrogen-bond acceptors (Lipinski definition) is 3. The first-order chi connectivity index (χ1) is 11.7. The van der Waals surface area contributed by atoms with E-state index in [1.165, 1.54) is 17.5 Å². The van der Waals surface area contributed by atoms with Crippen LogP contribution in [0.4, 0.5) is 0 Å². The molecule has 1 fully saturated rings. The Labute approximate surface area is 154 Å². The molecule has 1 saturated carbocycles. The molecule has 0 radical (unpaired) electrons. The Morgan fingerprint density at radius 1 is 1.08 bits per heavy atom. The van der Waals surface area contributed by atoms with E-state index in [1.54, 1.807) is 11.8 Å². The highest BCUT2D eigenvalue weighted by atomic mass is 79.9. The molecule has 0 N–H and O–H groups in total. The van der Waals surface area contributed by atoms with Crippen molar-refractivity contribution in [2.75, 3.05) is 0 Å². The minimum Gasteiger partial charge on any atom is -0.309 e. The van der Waals surface area contributed by atoms with Crippen LogP contribution in [0.15, 0.2) is 64.2 Å². The van der Waals surface area contributed by atoms with Gasteiger partial charge in [-0.1, -0.05) is 70.2 Å². The van der Waals surface area contributed by atoms with E-state index in [2.05, 4.69) is 86.3 Å². The van der Waals surface area contributed by atoms with Crippen LogP contribution in [0.2, 0.25) is 0 Å². The van der Waals surface area contributed by atoms with E-state index in [0.717, 1.165) is 21.2 Å². The summed E-state index contributed by atoms with van der Waals surface area (Å²) in [4.78, 5) is 0. The lowest BCUT2D eigenvalue weighted by atomic mass is 10.1. The lowest BCUT2D eigenvalue weighted by Crippen LogP contribution is -1.98. The van der Waals surface area contributed by atoms with Gasteiger partial charge >= 0.3 is 0 Å². The highest BCUT2D eigenvalue weighted by Crippen LogP contribution is 2.54. The first-order valence-corrected chi connectivity index (χ1v) is 9.81. The molecule has 0 amide bonds. The van der Waals surface area contributed by atoms with Crippen molar-refractivity contribution in [2.45, 2.75) is 29.2 Å². The topological polar surface area (TPSA) is 30.7 Å². The molecular formula is C19H18BrN3S. The van der Waals surface area contributed by atoms with Crippen LogP contribution in [0.3, 0.4) is 0 Å². The van der Waals surface area contributed by atoms with E-state index >= 15 is 0 Å². The van der Waals surface area contributed by atoms with E-state index in [-0.39, 0.29) is 0 Å². The largest absolute Gasteiger partial charge is 0.309 e. The number of benzene rings is 2. The maximum atomic E-state index is 4.47. The van der Waals surface area contributed by atoms with E-state index in [0.29, 0.717) is 11.8 Å². The molecule has 5 heteroatoms. The van der Waals surface area contributed by atoms with Crippen LogP contribution in [-0.4, -0.2) is 14.8 Å². The van der Waals surface area contributed by atoms with Crippen molar-refractivity contribution in [1.29, 1.82) is 0 Å². The van der Waals surface area contributed by atoms with E-state index < -0.39 is 0 Å². The molecule has 2 atom stereocenters. The number of halogens is 1. The second-order valence-electron chi connectivity index (χ2n) is 6.18. The number of thioether (sulfide) groups is 1. The molecule has 0 saturated heterocycles. The smallest absolute Gasteiger partial charge is 0.191 e. The maximum absolute atomic E-state index is 4.47. The second kappa shape index (κ2) is 6.73. The summed E-state index contributed by atoms with van der Waals surface area (Å²) < 4.78 is 3.28. The third-order valence-electron chi connectivity index (χ3n) is 4.48. The minimum absolute atomic E-state index is 0.505. The van der Waals surface area contributed by atoms with Crippen molar-refractivity contribution >= 4 is 27.7 Å². The van der Waals surface area contributed by atoms with E-state index in [1.807, 2.05) is 6.07 Å². The molecule has 122 valence electrons. The Kier molecular flexibility index (Phi) is 4.46. The predicted octanol–water partition coefficient (Wildman–Crippen LogP) is 5.14. The van der Waals surface area contributed by atoms with Crippen LogP contribution in [0.25, 0.3) is 0 Å². The summed E-state index contributed by atoms with van der Waals surface area (Å²) in [5, 5.41) is 9.86. The SMILES string of the molecule is Cn1c(SCc2cccc(Br)c2)nnc1C1CC1c1ccccc1. The normalized spacial score (nSPS) is 19.4. The first-order valence-electron chi connectivity index (χ1n) is 8.04. The standard InChI is InChI=1S/C19H18BrN3S/c1-23-18(17-11-16(17)14-7-3-2-4-8-14)21-22-19(23)24-12-13-6-5-9-15(20)10-13/h2-10,16-17H,11-12H2,1H3. The molecule has 3 nitrogen and oxygen atoms in total. The molecule has 3 aromatic rings. The van der Waals surface area contributed by atoms with Crippen LogP contribution in [0.1, 0.15) is 35.2 Å². The Morgan fingerprint density at radius 2 is 1.92 bits per heavy atom. The predicted molar refractivity (Wildman–Crippen MR) is 101 cm³/mol. The van der Waals surface area contributed by atoms with E-state index in [9.17, 15) is 0 Å². The zero-order chi connectivity index (χ0) is 16.5. The van der Waals surface area contributed by atoms with Crippen molar-refractivity contribution in [3.05, 3.63) is 76.0 Å². The van der Waals surface area contributed by atoms with Gasteiger partial charge in [0.2, 0.25) is 0 Å². The Balaban J connectivity index is 1.44. The first kappa shape index (κ1) is 15.9. The molecule has 0 aliphatic heterocycles. The molecule has 1 aliphatic rings. The average molecular weight is 400 g/mol. The molecular weight excluding hydrogens is 382 g/mol. The van der Waals surface area contributed by atoms with Crippen molar-refractivity contribution in [2.24, 2.45) is 7.05 Å². The van der Waals surface area contributed by atoms with E-state index in [4.69, 9.17) is 0 Å². The van der Waals surface area contributed by atoms with Crippen molar-refractivity contribution in [3.8, 4) is 0 Å². The number of rotatable bonds is 5. The zero-order valence-electron chi connectivity index (χ0n) is 13.4. The second-order valence-corrected chi connectivity index (χ2v) is 8.04. The summed E-state index contributed by atoms with van der Waals surface area (Å²) in [5.41, 5.74) is 2.70. The molecule has 1 aromatic heterocycles. The third-order valence-corrected chi connectivity index (χ3v) is 6.06. The summed E-state index contributed by atoms with van der Waals surface area (Å²) in [6, 6.07) is 19.1. The molecule has 2 unspecified atom stereocenters. The Hall–Kier alpha value is -1.59. The average Bonchev–Trinajstić information content (AvgIpc) is 3.31. The van der Waals surface area contributed by atoms with Crippen LogP contribution in [-0.2, 0) is 12.8 Å². The highest BCUT2D eigenvalue weighted by molar-refractivity contribution is 9.10. The van der Waals surface area contributed by atoms with Crippen molar-refractivity contribution < 1.29 is 0 Å². The Morgan fingerprint density at radius 3 is 2.71 bits per heavy atom. The number of hydrogen-bond donors (Lipinski definition) is 0. The fourth-order valence-electron chi connectivity index (χ4n) is 3.10. The van der Waals surface area contributed by atoms with Crippen molar-refractivity contribution in [1.82, 2.24) is 14.8 Å². The van der Waals surface area contributed by atoms with Crippen LogP contribution in [0.5, 0.6) is 0 Å². The van der Waals surface area contributed by atoms with Crippen LogP contribution in [0, 0.1) is 0 Å². The molecule has 0 spiro atoms. The summed E-state index contributed by atoms with van der Waals surface area (Å²) in [7, 11) is 2.08. The molecule has 2 aromatic carbocycles. The van der Waals surface area contributed by atoms with Gasteiger partial charge in [-0.3, -0.25) is 0 Å². The monoisotopic (exact) mass is 399 g/mol. The molecule has 4 rings (SSSR count). The molecule has 1 heterocycles. The molecule has 24 heavy (non-hydrogen) atoms. The van der Waals surface area contributed by atoms with Gasteiger partial charge in [0.05, 0.1) is 0 Å². The van der Waals surface area contributed by atoms with Crippen molar-refractivity contribution in [3.63, 3.8) is 0 Å². The quantitative estimate of drug-likeness (QED) is 0.556. The van der Waals surface area contributed by atoms with Gasteiger partial charge in [-0.2, -0.15) is 0 Å². The Bertz CT molecular complexity index is 847. The van der Waals surface area contributed by atoms with Gasteiger partial charge in [-0.25, -0.2) is 0 Å². The summed E-state index contributed by atoms with van der Waals surface area (Å²) in [6.07, 6.45) is 1.17. The molecule has 0 bridgehead atoms. The zero-order valence-corrected chi connectivity index (χ0v) is 15.8. The van der Waals surface area contributed by atoms with Gasteiger partial charge in [0.15, 0.2) is 5.16 Å². The van der Waals surface area contributed by atoms with Gasteiger partial charge in [0, 0.05) is 23.2 Å². The van der Waals surface area contributed by atoms with Crippen LogP contribution >= 0.6 is 27.7 Å². The van der Waals surface area contributed by atoms with Gasteiger partial charge in [0.1, 0.15) is 5.82 Å². The van der Waals surface area contributed by atoms with Crippen LogP contribution < -0.4 is 0 Å². The minimum atomic E-state index is 0.505. The number of nitrogens with zero attached hydrogens (tertiary/aromatic N) is 3.